The molecule has 0 unspecified atom stereocenters. The van der Waals surface area contributed by atoms with Gasteiger partial charge in [-0.15, -0.1) is 0 Å². The van der Waals surface area contributed by atoms with Crippen molar-refractivity contribution in [3.63, 3.8) is 0 Å². The second-order valence-electron chi connectivity index (χ2n) is 2.93. The Morgan fingerprint density at radius 3 is 1.44 bits per heavy atom. The summed E-state index contributed by atoms with van der Waals surface area (Å²) in [5.41, 5.74) is 0. The zero-order valence-electron chi connectivity index (χ0n) is 8.54. The first kappa shape index (κ1) is 13.1. The van der Waals surface area contributed by atoms with Crippen molar-refractivity contribution in [3.8, 4) is 0 Å². The van der Waals surface area contributed by atoms with E-state index in [2.05, 4.69) is 60.7 Å². The van der Waals surface area contributed by atoms with Gasteiger partial charge >= 0.3 is 27.1 Å². The first-order chi connectivity index (χ1) is 7.86. The van der Waals surface area contributed by atoms with Crippen LogP contribution in [-0.2, 0) is 22.6 Å². The van der Waals surface area contributed by atoms with E-state index in [1.165, 1.54) is 15.1 Å². The number of carbonyl (C=O) groups excluding carboxylic acids is 1. The number of hydrogen-bond acceptors (Lipinski definition) is 1. The summed E-state index contributed by atoms with van der Waals surface area (Å²) in [7, 11) is 0.777. The van der Waals surface area contributed by atoms with Crippen LogP contribution in [0.1, 0.15) is 0 Å². The fourth-order valence-electron chi connectivity index (χ4n) is 1.21. The molecule has 0 aliphatic rings. The van der Waals surface area contributed by atoms with Gasteiger partial charge in [0.2, 0.25) is 0 Å². The van der Waals surface area contributed by atoms with Crippen molar-refractivity contribution >= 4 is 23.7 Å². The second-order valence-corrected chi connectivity index (χ2v) is 4.69. The smallest absolute Gasteiger partial charge is 0.0226 e. The van der Waals surface area contributed by atoms with Crippen molar-refractivity contribution in [3.05, 3.63) is 60.7 Å². The second kappa shape index (κ2) is 8.25. The summed E-state index contributed by atoms with van der Waals surface area (Å²) in [6, 6.07) is 21.2. The molecule has 2 aromatic carbocycles. The van der Waals surface area contributed by atoms with Crippen molar-refractivity contribution in [2.75, 3.05) is 0 Å². The van der Waals surface area contributed by atoms with Crippen LogP contribution in [0.15, 0.2) is 60.7 Å². The molecular formula is C13H11OPRu. The third kappa shape index (κ3) is 5.24. The van der Waals surface area contributed by atoms with E-state index in [-0.39, 0.29) is 0 Å². The van der Waals surface area contributed by atoms with E-state index in [9.17, 15) is 0 Å². The summed E-state index contributed by atoms with van der Waals surface area (Å²) in [6.07, 6.45) is 0. The molecule has 1 nitrogen and oxygen atoms in total. The monoisotopic (exact) mass is 316 g/mol. The number of hydrogen-bond donors (Lipinski definition) is 0. The molecule has 0 N–H and O–H groups in total. The van der Waals surface area contributed by atoms with Gasteiger partial charge in [-0.05, 0) is 10.6 Å². The average molecular weight is 315 g/mol. The largest absolute Gasteiger partial charge is 0.0622 e. The van der Waals surface area contributed by atoms with Gasteiger partial charge in [0, 0.05) is 0 Å². The minimum Gasteiger partial charge on any atom is -0.0622 e. The Balaban J connectivity index is 0.000000386. The van der Waals surface area contributed by atoms with Crippen molar-refractivity contribution in [1.82, 2.24) is 0 Å². The molecule has 0 aliphatic carbocycles. The van der Waals surface area contributed by atoms with Gasteiger partial charge < -0.3 is 0 Å². The molecule has 0 aliphatic heterocycles. The minimum atomic E-state index is 0.777. The van der Waals surface area contributed by atoms with E-state index in [4.69, 9.17) is 4.79 Å². The number of benzene rings is 2. The predicted octanol–water partition coefficient (Wildman–Crippen LogP) is 1.92. The Labute approximate surface area is 107 Å². The van der Waals surface area contributed by atoms with E-state index in [0.29, 0.717) is 0 Å². The topological polar surface area (TPSA) is 17.1 Å². The van der Waals surface area contributed by atoms with Crippen LogP contribution in [0.4, 0.5) is 0 Å². The van der Waals surface area contributed by atoms with E-state index >= 15 is 0 Å². The van der Waals surface area contributed by atoms with Crippen LogP contribution in [-0.4, -0.2) is 4.47 Å². The average Bonchev–Trinajstić information content (AvgIpc) is 2.33. The maximum absolute atomic E-state index is 8.65. The molecule has 0 aromatic heterocycles. The molecule has 82 valence electrons. The van der Waals surface area contributed by atoms with Crippen LogP contribution in [0.25, 0.3) is 0 Å². The predicted molar refractivity (Wildman–Crippen MR) is 66.2 cm³/mol. The van der Waals surface area contributed by atoms with E-state index < -0.39 is 0 Å². The van der Waals surface area contributed by atoms with Crippen LogP contribution in [0.5, 0.6) is 0 Å². The Hall–Kier alpha value is -0.927. The molecule has 16 heavy (non-hydrogen) atoms. The molecule has 0 saturated carbocycles. The zero-order valence-corrected chi connectivity index (χ0v) is 11.3. The molecule has 2 rings (SSSR count). The molecule has 0 amide bonds. The summed E-state index contributed by atoms with van der Waals surface area (Å²) in [5.74, 6) is 0. The van der Waals surface area contributed by atoms with E-state index in [1.807, 2.05) is 0 Å². The quantitative estimate of drug-likeness (QED) is 0.611. The first-order valence-electron chi connectivity index (χ1n) is 4.70. The molecule has 0 fully saturated rings. The Kier molecular flexibility index (Phi) is 6.78. The summed E-state index contributed by atoms with van der Waals surface area (Å²) in [6.45, 7) is 0. The Morgan fingerprint density at radius 2 is 1.12 bits per heavy atom. The summed E-state index contributed by atoms with van der Waals surface area (Å²) < 4.78 is 1.43. The van der Waals surface area contributed by atoms with Crippen LogP contribution in [0.2, 0.25) is 0 Å². The van der Waals surface area contributed by atoms with Crippen LogP contribution in [0, 0.1) is 0 Å². The molecule has 0 bridgehead atoms. The Morgan fingerprint density at radius 1 is 0.812 bits per heavy atom. The van der Waals surface area contributed by atoms with Gasteiger partial charge in [-0.3, -0.25) is 0 Å². The molecule has 3 heteroatoms. The van der Waals surface area contributed by atoms with Gasteiger partial charge in [0.1, 0.15) is 0 Å². The molecule has 0 atom stereocenters. The van der Waals surface area contributed by atoms with E-state index in [1.54, 1.807) is 17.9 Å². The SMILES string of the molecule is O=[C]=[Ru].c1ccc(Pc2ccccc2)cc1. The fraction of sp³-hybridized carbons (Fsp3) is 0. The van der Waals surface area contributed by atoms with Crippen molar-refractivity contribution < 1.29 is 22.6 Å². The molecular weight excluding hydrogens is 304 g/mol. The van der Waals surface area contributed by atoms with Crippen LogP contribution >= 0.6 is 8.58 Å². The fourth-order valence-corrected chi connectivity index (χ4v) is 2.26. The van der Waals surface area contributed by atoms with Crippen molar-refractivity contribution in [2.24, 2.45) is 0 Å². The van der Waals surface area contributed by atoms with E-state index in [0.717, 1.165) is 8.58 Å². The molecule has 0 saturated heterocycles. The normalized spacial score (nSPS) is 8.56. The van der Waals surface area contributed by atoms with Gasteiger partial charge in [-0.2, -0.15) is 0 Å². The first-order valence-corrected chi connectivity index (χ1v) is 6.57. The molecule has 0 heterocycles. The summed E-state index contributed by atoms with van der Waals surface area (Å²) in [5, 5.41) is 2.79. The molecule has 0 radical (unpaired) electrons. The van der Waals surface area contributed by atoms with Crippen LogP contribution in [0.3, 0.4) is 0 Å². The molecule has 2 aromatic rings. The Bertz CT molecular complexity index is 399. The third-order valence-corrected chi connectivity index (χ3v) is 3.08. The number of rotatable bonds is 2. The van der Waals surface area contributed by atoms with Crippen molar-refractivity contribution in [1.29, 1.82) is 0 Å². The standard InChI is InChI=1S/C12H11P.CO.Ru/c1-3-7-11(8-4-1)13-12-9-5-2-6-10-12;1-2;/h1-10,13H;;. The van der Waals surface area contributed by atoms with Crippen LogP contribution < -0.4 is 10.6 Å². The van der Waals surface area contributed by atoms with Gasteiger partial charge in [0.25, 0.3) is 0 Å². The zero-order chi connectivity index (χ0) is 11.6. The maximum Gasteiger partial charge on any atom is -0.0226 e. The molecule has 0 spiro atoms. The maximum atomic E-state index is 8.65. The van der Waals surface area contributed by atoms with Gasteiger partial charge in [-0.25, -0.2) is 0 Å². The van der Waals surface area contributed by atoms with Gasteiger partial charge in [-0.1, -0.05) is 69.2 Å². The minimum absolute atomic E-state index is 0.777. The van der Waals surface area contributed by atoms with Gasteiger partial charge in [0.05, 0.1) is 0 Å². The van der Waals surface area contributed by atoms with Crippen molar-refractivity contribution in [2.45, 2.75) is 0 Å². The summed E-state index contributed by atoms with van der Waals surface area (Å²) in [4.78, 5) is 8.65. The summed E-state index contributed by atoms with van der Waals surface area (Å²) >= 11 is 1.70. The van der Waals surface area contributed by atoms with Gasteiger partial charge in [0.15, 0.2) is 0 Å². The third-order valence-electron chi connectivity index (χ3n) is 1.84.